The average Bonchev–Trinajstić information content (AvgIpc) is 2.46. The molecule has 0 aliphatic carbocycles. The summed E-state index contributed by atoms with van der Waals surface area (Å²) >= 11 is 3.36. The summed E-state index contributed by atoms with van der Waals surface area (Å²) in [7, 11) is 0. The number of hydrogen-bond acceptors (Lipinski definition) is 1. The molecule has 0 spiro atoms. The zero-order valence-corrected chi connectivity index (χ0v) is 14.3. The Labute approximate surface area is 134 Å². The van der Waals surface area contributed by atoms with Crippen molar-refractivity contribution < 1.29 is 4.39 Å². The van der Waals surface area contributed by atoms with E-state index in [1.54, 1.807) is 6.07 Å². The van der Waals surface area contributed by atoms with Crippen LogP contribution in [0.1, 0.15) is 35.2 Å². The Bertz CT molecular complexity index is 625. The van der Waals surface area contributed by atoms with Crippen LogP contribution in [0.25, 0.3) is 0 Å². The maximum atomic E-state index is 13.7. The van der Waals surface area contributed by atoms with Crippen LogP contribution in [0.3, 0.4) is 0 Å². The first-order valence-electron chi connectivity index (χ1n) is 7.26. The summed E-state index contributed by atoms with van der Waals surface area (Å²) < 4.78 is 14.3. The van der Waals surface area contributed by atoms with Crippen LogP contribution in [0.2, 0.25) is 0 Å². The molecule has 0 aliphatic rings. The largest absolute Gasteiger partial charge is 0.310 e. The maximum absolute atomic E-state index is 13.7. The topological polar surface area (TPSA) is 12.0 Å². The molecule has 0 saturated carbocycles. The van der Waals surface area contributed by atoms with E-state index in [1.165, 1.54) is 22.8 Å². The van der Waals surface area contributed by atoms with Gasteiger partial charge in [0.1, 0.15) is 5.82 Å². The van der Waals surface area contributed by atoms with Crippen molar-refractivity contribution in [2.45, 2.75) is 33.2 Å². The summed E-state index contributed by atoms with van der Waals surface area (Å²) in [5.41, 5.74) is 4.78. The van der Waals surface area contributed by atoms with Crippen LogP contribution in [0, 0.1) is 19.7 Å². The summed E-state index contributed by atoms with van der Waals surface area (Å²) in [6.07, 6.45) is 0.760. The van der Waals surface area contributed by atoms with Gasteiger partial charge in [-0.3, -0.25) is 0 Å². The molecule has 0 heterocycles. The quantitative estimate of drug-likeness (QED) is 0.791. The van der Waals surface area contributed by atoms with Crippen molar-refractivity contribution in [3.05, 3.63) is 68.9 Å². The van der Waals surface area contributed by atoms with E-state index in [0.717, 1.165) is 18.5 Å². The first-order chi connectivity index (χ1) is 10.0. The monoisotopic (exact) mass is 349 g/mol. The molecular weight excluding hydrogens is 329 g/mol. The number of rotatable bonds is 5. The molecule has 0 aromatic heterocycles. The summed E-state index contributed by atoms with van der Waals surface area (Å²) in [6, 6.07) is 11.9. The van der Waals surface area contributed by atoms with Crippen molar-refractivity contribution in [1.82, 2.24) is 5.32 Å². The van der Waals surface area contributed by atoms with Crippen LogP contribution < -0.4 is 5.32 Å². The van der Waals surface area contributed by atoms with Gasteiger partial charge in [-0.1, -0.05) is 42.8 Å². The fourth-order valence-electron chi connectivity index (χ4n) is 2.60. The number of nitrogens with one attached hydrogen (secondary N) is 1. The second-order valence-corrected chi connectivity index (χ2v) is 6.18. The van der Waals surface area contributed by atoms with Crippen molar-refractivity contribution in [2.75, 3.05) is 6.54 Å². The highest BCUT2D eigenvalue weighted by atomic mass is 79.9. The van der Waals surface area contributed by atoms with Gasteiger partial charge in [-0.2, -0.15) is 0 Å². The molecule has 21 heavy (non-hydrogen) atoms. The molecule has 0 amide bonds. The molecule has 0 aliphatic heterocycles. The third-order valence-corrected chi connectivity index (χ3v) is 4.60. The Balaban J connectivity index is 2.35. The third kappa shape index (κ3) is 3.92. The minimum atomic E-state index is -0.205. The van der Waals surface area contributed by atoms with E-state index in [2.05, 4.69) is 60.2 Å². The zero-order chi connectivity index (χ0) is 15.4. The second-order valence-electron chi connectivity index (χ2n) is 5.39. The number of likely N-dealkylation sites (N-methyl/N-ethyl adjacent to an activating group) is 1. The predicted octanol–water partition coefficient (Wildman–Crippen LogP) is 5.10. The van der Waals surface area contributed by atoms with Gasteiger partial charge >= 0.3 is 0 Å². The maximum Gasteiger partial charge on any atom is 0.137 e. The normalized spacial score (nSPS) is 12.4. The Morgan fingerprint density at radius 2 is 1.95 bits per heavy atom. The minimum absolute atomic E-state index is 0.188. The molecular formula is C18H21BrFN. The van der Waals surface area contributed by atoms with Crippen LogP contribution in [0.5, 0.6) is 0 Å². The number of hydrogen-bond donors (Lipinski definition) is 1. The van der Waals surface area contributed by atoms with Gasteiger partial charge in [0.15, 0.2) is 0 Å². The van der Waals surface area contributed by atoms with E-state index >= 15 is 0 Å². The van der Waals surface area contributed by atoms with Crippen LogP contribution in [-0.4, -0.2) is 6.54 Å². The molecule has 2 rings (SSSR count). The van der Waals surface area contributed by atoms with E-state index in [1.807, 2.05) is 6.07 Å². The van der Waals surface area contributed by atoms with Gasteiger partial charge in [-0.15, -0.1) is 0 Å². The van der Waals surface area contributed by atoms with Crippen molar-refractivity contribution in [3.8, 4) is 0 Å². The molecule has 2 aromatic rings. The molecule has 112 valence electrons. The highest BCUT2D eigenvalue weighted by molar-refractivity contribution is 9.10. The SMILES string of the molecule is CCNC(Cc1cccc(F)c1Br)c1cc(C)ccc1C. The van der Waals surface area contributed by atoms with Gasteiger partial charge in [-0.25, -0.2) is 4.39 Å². The molecule has 0 radical (unpaired) electrons. The van der Waals surface area contributed by atoms with Crippen molar-refractivity contribution in [1.29, 1.82) is 0 Å². The van der Waals surface area contributed by atoms with Gasteiger partial charge in [-0.05, 0) is 65.5 Å². The van der Waals surface area contributed by atoms with E-state index in [9.17, 15) is 4.39 Å². The standard InChI is InChI=1S/C18H21BrFN/c1-4-21-17(15-10-12(2)8-9-13(15)3)11-14-6-5-7-16(20)18(14)19/h5-10,17,21H,4,11H2,1-3H3. The Morgan fingerprint density at radius 1 is 1.19 bits per heavy atom. The molecule has 1 nitrogen and oxygen atoms in total. The first-order valence-corrected chi connectivity index (χ1v) is 8.05. The predicted molar refractivity (Wildman–Crippen MR) is 90.1 cm³/mol. The molecule has 1 unspecified atom stereocenters. The lowest BCUT2D eigenvalue weighted by atomic mass is 9.94. The van der Waals surface area contributed by atoms with Crippen LogP contribution in [0.15, 0.2) is 40.9 Å². The molecule has 3 heteroatoms. The fourth-order valence-corrected chi connectivity index (χ4v) is 3.03. The van der Waals surface area contributed by atoms with E-state index in [-0.39, 0.29) is 11.9 Å². The minimum Gasteiger partial charge on any atom is -0.310 e. The summed E-state index contributed by atoms with van der Waals surface area (Å²) in [6.45, 7) is 7.20. The lowest BCUT2D eigenvalue weighted by Crippen LogP contribution is -2.24. The number of aryl methyl sites for hydroxylation is 2. The number of halogens is 2. The zero-order valence-electron chi connectivity index (χ0n) is 12.7. The molecule has 0 saturated heterocycles. The van der Waals surface area contributed by atoms with Gasteiger partial charge in [0.2, 0.25) is 0 Å². The van der Waals surface area contributed by atoms with Gasteiger partial charge in [0.25, 0.3) is 0 Å². The van der Waals surface area contributed by atoms with Crippen molar-refractivity contribution in [3.63, 3.8) is 0 Å². The molecule has 1 N–H and O–H groups in total. The van der Waals surface area contributed by atoms with Gasteiger partial charge in [0.05, 0.1) is 4.47 Å². The fraction of sp³-hybridized carbons (Fsp3) is 0.333. The van der Waals surface area contributed by atoms with Crippen LogP contribution in [-0.2, 0) is 6.42 Å². The van der Waals surface area contributed by atoms with Crippen molar-refractivity contribution >= 4 is 15.9 Å². The summed E-state index contributed by atoms with van der Waals surface area (Å²) in [4.78, 5) is 0. The van der Waals surface area contributed by atoms with E-state index < -0.39 is 0 Å². The smallest absolute Gasteiger partial charge is 0.137 e. The lowest BCUT2D eigenvalue weighted by Gasteiger charge is -2.22. The summed E-state index contributed by atoms with van der Waals surface area (Å²) in [5.74, 6) is -0.205. The van der Waals surface area contributed by atoms with Gasteiger partial charge in [0, 0.05) is 6.04 Å². The van der Waals surface area contributed by atoms with E-state index in [4.69, 9.17) is 0 Å². The highest BCUT2D eigenvalue weighted by Gasteiger charge is 2.16. The third-order valence-electron chi connectivity index (χ3n) is 3.72. The molecule has 2 aromatic carbocycles. The Hall–Kier alpha value is -1.19. The Morgan fingerprint density at radius 3 is 2.67 bits per heavy atom. The van der Waals surface area contributed by atoms with Crippen LogP contribution >= 0.6 is 15.9 Å². The van der Waals surface area contributed by atoms with Crippen LogP contribution in [0.4, 0.5) is 4.39 Å². The van der Waals surface area contributed by atoms with E-state index in [0.29, 0.717) is 4.47 Å². The van der Waals surface area contributed by atoms with Gasteiger partial charge < -0.3 is 5.32 Å². The molecule has 1 atom stereocenters. The van der Waals surface area contributed by atoms with Crippen molar-refractivity contribution in [2.24, 2.45) is 0 Å². The molecule has 0 fully saturated rings. The second kappa shape index (κ2) is 7.19. The Kier molecular flexibility index (Phi) is 5.54. The molecule has 0 bridgehead atoms. The first kappa shape index (κ1) is 16.2. The lowest BCUT2D eigenvalue weighted by molar-refractivity contribution is 0.542. The highest BCUT2D eigenvalue weighted by Crippen LogP contribution is 2.28. The average molecular weight is 350 g/mol. The summed E-state index contributed by atoms with van der Waals surface area (Å²) in [5, 5.41) is 3.52. The number of benzene rings is 2.